The van der Waals surface area contributed by atoms with Crippen molar-refractivity contribution < 1.29 is 9.50 Å². The highest BCUT2D eigenvalue weighted by molar-refractivity contribution is 5.17. The number of hydrogen-bond donors (Lipinski definition) is 1. The predicted molar refractivity (Wildman–Crippen MR) is 46.3 cm³/mol. The Balaban J connectivity index is 2.64. The van der Waals surface area contributed by atoms with Crippen LogP contribution in [0.3, 0.4) is 0 Å². The van der Waals surface area contributed by atoms with E-state index in [0.29, 0.717) is 6.42 Å². The molecule has 1 aromatic rings. The summed E-state index contributed by atoms with van der Waals surface area (Å²) in [4.78, 5) is 0. The van der Waals surface area contributed by atoms with Gasteiger partial charge in [-0.15, -0.1) is 6.58 Å². The molecule has 0 aliphatic heterocycles. The summed E-state index contributed by atoms with van der Waals surface area (Å²) in [6.45, 7) is 3.45. The molecule has 0 aromatic heterocycles. The van der Waals surface area contributed by atoms with Crippen molar-refractivity contribution in [3.63, 3.8) is 0 Å². The van der Waals surface area contributed by atoms with Gasteiger partial charge in [-0.25, -0.2) is 4.39 Å². The molecule has 0 radical (unpaired) electrons. The van der Waals surface area contributed by atoms with Crippen LogP contribution in [0, 0.1) is 5.82 Å². The van der Waals surface area contributed by atoms with Crippen LogP contribution in [0.1, 0.15) is 5.56 Å². The molecule has 2 heteroatoms. The zero-order valence-corrected chi connectivity index (χ0v) is 6.70. The van der Waals surface area contributed by atoms with Gasteiger partial charge in [-0.05, 0) is 17.7 Å². The van der Waals surface area contributed by atoms with Crippen molar-refractivity contribution in [1.82, 2.24) is 0 Å². The molecule has 12 heavy (non-hydrogen) atoms. The summed E-state index contributed by atoms with van der Waals surface area (Å²) in [6, 6.07) is 6.07. The van der Waals surface area contributed by atoms with E-state index < -0.39 is 6.10 Å². The molecule has 1 atom stereocenters. The highest BCUT2D eigenvalue weighted by atomic mass is 19.1. The number of rotatable bonds is 3. The molecule has 1 unspecified atom stereocenters. The molecule has 0 saturated heterocycles. The average molecular weight is 166 g/mol. The van der Waals surface area contributed by atoms with Crippen molar-refractivity contribution in [3.05, 3.63) is 48.3 Å². The van der Waals surface area contributed by atoms with E-state index in [4.69, 9.17) is 5.11 Å². The second-order valence-electron chi connectivity index (χ2n) is 2.63. The van der Waals surface area contributed by atoms with E-state index in [1.54, 1.807) is 12.1 Å². The van der Waals surface area contributed by atoms with Crippen LogP contribution in [0.15, 0.2) is 36.9 Å². The number of benzene rings is 1. The first-order valence-corrected chi connectivity index (χ1v) is 3.77. The molecule has 0 fully saturated rings. The van der Waals surface area contributed by atoms with E-state index in [9.17, 15) is 4.39 Å². The zero-order valence-electron chi connectivity index (χ0n) is 6.70. The van der Waals surface area contributed by atoms with Gasteiger partial charge >= 0.3 is 0 Å². The van der Waals surface area contributed by atoms with Crippen molar-refractivity contribution in [1.29, 1.82) is 0 Å². The third-order valence-electron chi connectivity index (χ3n) is 1.63. The van der Waals surface area contributed by atoms with Crippen LogP contribution in [0.2, 0.25) is 0 Å². The Bertz CT molecular complexity index is 253. The number of aliphatic hydroxyl groups is 1. The van der Waals surface area contributed by atoms with Gasteiger partial charge in [0, 0.05) is 6.42 Å². The van der Waals surface area contributed by atoms with E-state index >= 15 is 0 Å². The maximum absolute atomic E-state index is 12.4. The molecule has 0 spiro atoms. The highest BCUT2D eigenvalue weighted by Crippen LogP contribution is 2.05. The molecule has 1 aromatic carbocycles. The summed E-state index contributed by atoms with van der Waals surface area (Å²) in [7, 11) is 0. The lowest BCUT2D eigenvalue weighted by Crippen LogP contribution is -2.05. The first kappa shape index (κ1) is 8.94. The Morgan fingerprint density at radius 1 is 1.42 bits per heavy atom. The minimum Gasteiger partial charge on any atom is -0.389 e. The molecular weight excluding hydrogens is 155 g/mol. The summed E-state index contributed by atoms with van der Waals surface area (Å²) < 4.78 is 12.4. The maximum Gasteiger partial charge on any atom is 0.123 e. The van der Waals surface area contributed by atoms with E-state index in [-0.39, 0.29) is 5.82 Å². The van der Waals surface area contributed by atoms with Crippen LogP contribution in [-0.4, -0.2) is 11.2 Å². The number of aliphatic hydroxyl groups excluding tert-OH is 1. The predicted octanol–water partition coefficient (Wildman–Crippen LogP) is 1.92. The molecule has 0 amide bonds. The first-order chi connectivity index (χ1) is 5.72. The molecule has 0 aliphatic rings. The molecule has 0 saturated carbocycles. The Labute approximate surface area is 71.2 Å². The van der Waals surface area contributed by atoms with E-state index in [1.807, 2.05) is 0 Å². The zero-order chi connectivity index (χ0) is 8.97. The summed E-state index contributed by atoms with van der Waals surface area (Å²) in [5.74, 6) is -0.258. The van der Waals surface area contributed by atoms with Crippen molar-refractivity contribution in [2.75, 3.05) is 0 Å². The maximum atomic E-state index is 12.4. The standard InChI is InChI=1S/C10H11FO/c1-2-10(12)7-8-3-5-9(11)6-4-8/h2-6,10,12H,1,7H2. The van der Waals surface area contributed by atoms with Crippen LogP contribution in [0.5, 0.6) is 0 Å². The lowest BCUT2D eigenvalue weighted by Gasteiger charge is -2.03. The highest BCUT2D eigenvalue weighted by Gasteiger charge is 1.99. The van der Waals surface area contributed by atoms with Crippen LogP contribution >= 0.6 is 0 Å². The second kappa shape index (κ2) is 4.02. The van der Waals surface area contributed by atoms with E-state index in [1.165, 1.54) is 18.2 Å². The smallest absolute Gasteiger partial charge is 0.123 e. The minimum absolute atomic E-state index is 0.258. The van der Waals surface area contributed by atoms with Gasteiger partial charge in [-0.1, -0.05) is 18.2 Å². The third-order valence-corrected chi connectivity index (χ3v) is 1.63. The Morgan fingerprint density at radius 3 is 2.50 bits per heavy atom. The molecule has 1 nitrogen and oxygen atoms in total. The van der Waals surface area contributed by atoms with Gasteiger partial charge in [-0.3, -0.25) is 0 Å². The monoisotopic (exact) mass is 166 g/mol. The minimum atomic E-state index is -0.546. The SMILES string of the molecule is C=CC(O)Cc1ccc(F)cc1. The van der Waals surface area contributed by atoms with Crippen molar-refractivity contribution in [2.45, 2.75) is 12.5 Å². The van der Waals surface area contributed by atoms with Crippen LogP contribution in [-0.2, 0) is 6.42 Å². The summed E-state index contributed by atoms with van der Waals surface area (Å²) in [6.07, 6.45) is 1.41. The third kappa shape index (κ3) is 2.47. The fourth-order valence-corrected chi connectivity index (χ4v) is 0.945. The van der Waals surface area contributed by atoms with Gasteiger partial charge in [0.25, 0.3) is 0 Å². The molecule has 0 heterocycles. The molecule has 1 rings (SSSR count). The van der Waals surface area contributed by atoms with Crippen molar-refractivity contribution in [3.8, 4) is 0 Å². The second-order valence-corrected chi connectivity index (χ2v) is 2.63. The normalized spacial score (nSPS) is 12.5. The van der Waals surface area contributed by atoms with Gasteiger partial charge in [-0.2, -0.15) is 0 Å². The largest absolute Gasteiger partial charge is 0.389 e. The molecule has 0 bridgehead atoms. The van der Waals surface area contributed by atoms with Gasteiger partial charge in [0.15, 0.2) is 0 Å². The van der Waals surface area contributed by atoms with Crippen molar-refractivity contribution in [2.24, 2.45) is 0 Å². The van der Waals surface area contributed by atoms with Crippen molar-refractivity contribution >= 4 is 0 Å². The molecule has 64 valence electrons. The summed E-state index contributed by atoms with van der Waals surface area (Å²) in [5.41, 5.74) is 0.906. The van der Waals surface area contributed by atoms with E-state index in [2.05, 4.69) is 6.58 Å². The fraction of sp³-hybridized carbons (Fsp3) is 0.200. The van der Waals surface area contributed by atoms with Gasteiger partial charge in [0.1, 0.15) is 5.82 Å². The average Bonchev–Trinajstić information content (AvgIpc) is 2.09. The van der Waals surface area contributed by atoms with Crippen LogP contribution < -0.4 is 0 Å². The number of hydrogen-bond acceptors (Lipinski definition) is 1. The van der Waals surface area contributed by atoms with Crippen LogP contribution in [0.4, 0.5) is 4.39 Å². The number of halogens is 1. The quantitative estimate of drug-likeness (QED) is 0.680. The van der Waals surface area contributed by atoms with E-state index in [0.717, 1.165) is 5.56 Å². The van der Waals surface area contributed by atoms with Gasteiger partial charge < -0.3 is 5.11 Å². The Hall–Kier alpha value is -1.15. The molecule has 1 N–H and O–H groups in total. The molecule has 0 aliphatic carbocycles. The first-order valence-electron chi connectivity index (χ1n) is 3.77. The lowest BCUT2D eigenvalue weighted by molar-refractivity contribution is 0.224. The molecular formula is C10H11FO. The van der Waals surface area contributed by atoms with Crippen LogP contribution in [0.25, 0.3) is 0 Å². The summed E-state index contributed by atoms with van der Waals surface area (Å²) in [5, 5.41) is 9.17. The summed E-state index contributed by atoms with van der Waals surface area (Å²) >= 11 is 0. The Kier molecular flexibility index (Phi) is 3.00. The van der Waals surface area contributed by atoms with Gasteiger partial charge in [0.2, 0.25) is 0 Å². The topological polar surface area (TPSA) is 20.2 Å². The lowest BCUT2D eigenvalue weighted by atomic mass is 10.1. The van der Waals surface area contributed by atoms with Gasteiger partial charge in [0.05, 0.1) is 6.10 Å². The Morgan fingerprint density at radius 2 is 2.00 bits per heavy atom. The fourth-order valence-electron chi connectivity index (χ4n) is 0.945.